The van der Waals surface area contributed by atoms with Crippen molar-refractivity contribution in [3.05, 3.63) is 23.3 Å². The lowest BCUT2D eigenvalue weighted by Crippen LogP contribution is -2.05. The van der Waals surface area contributed by atoms with Gasteiger partial charge in [-0.3, -0.25) is 0 Å². The molecule has 1 N–H and O–H groups in total. The first-order valence-electron chi connectivity index (χ1n) is 3.63. The molecule has 0 fully saturated rings. The van der Waals surface area contributed by atoms with Gasteiger partial charge >= 0.3 is 11.9 Å². The Morgan fingerprint density at radius 2 is 2.00 bits per heavy atom. The number of carbonyl (C=O) groups is 2. The van der Waals surface area contributed by atoms with Crippen molar-refractivity contribution >= 4 is 11.9 Å². The molecule has 0 heterocycles. The lowest BCUT2D eigenvalue weighted by molar-refractivity contribution is -0.135. The van der Waals surface area contributed by atoms with Crippen LogP contribution in [0.5, 0.6) is 0 Å². The second-order valence-electron chi connectivity index (χ2n) is 2.31. The van der Waals surface area contributed by atoms with Crippen LogP contribution in [0.2, 0.25) is 0 Å². The van der Waals surface area contributed by atoms with Gasteiger partial charge in [0.25, 0.3) is 0 Å². The molecule has 0 aliphatic carbocycles. The quantitative estimate of drug-likeness (QED) is 0.309. The summed E-state index contributed by atoms with van der Waals surface area (Å²) in [6, 6.07) is 1.74. The van der Waals surface area contributed by atoms with Gasteiger partial charge in [0.05, 0.1) is 18.8 Å². The predicted molar refractivity (Wildman–Crippen MR) is 47.1 cm³/mol. The number of nitriles is 1. The summed E-state index contributed by atoms with van der Waals surface area (Å²) >= 11 is 0. The van der Waals surface area contributed by atoms with Crippen molar-refractivity contribution in [2.75, 3.05) is 7.11 Å². The molecular formula is C9H9NO4. The van der Waals surface area contributed by atoms with E-state index in [1.807, 2.05) is 0 Å². The summed E-state index contributed by atoms with van der Waals surface area (Å²) in [5.74, 6) is -1.93. The van der Waals surface area contributed by atoms with Gasteiger partial charge in [-0.15, -0.1) is 0 Å². The first-order valence-corrected chi connectivity index (χ1v) is 3.63. The number of aliphatic carboxylic acids is 1. The highest BCUT2D eigenvalue weighted by molar-refractivity contribution is 5.95. The van der Waals surface area contributed by atoms with Crippen LogP contribution in [-0.4, -0.2) is 24.2 Å². The Balaban J connectivity index is 5.06. The summed E-state index contributed by atoms with van der Waals surface area (Å²) in [5, 5.41) is 16.8. The fraction of sp³-hybridized carbons (Fsp3) is 0.222. The molecule has 0 spiro atoms. The van der Waals surface area contributed by atoms with Crippen LogP contribution in [0.4, 0.5) is 0 Å². The Morgan fingerprint density at radius 1 is 1.43 bits per heavy atom. The van der Waals surface area contributed by atoms with Gasteiger partial charge in [-0.05, 0) is 13.0 Å². The Kier molecular flexibility index (Phi) is 4.71. The Hall–Kier alpha value is -2.09. The average Bonchev–Trinajstić information content (AvgIpc) is 2.16. The number of carbonyl (C=O) groups excluding carboxylic acids is 1. The molecular weight excluding hydrogens is 186 g/mol. The minimum atomic E-state index is -1.20. The van der Waals surface area contributed by atoms with E-state index >= 15 is 0 Å². The Labute approximate surface area is 80.9 Å². The molecule has 0 amide bonds. The molecule has 0 atom stereocenters. The third kappa shape index (κ3) is 3.54. The topological polar surface area (TPSA) is 87.4 Å². The van der Waals surface area contributed by atoms with Crippen molar-refractivity contribution in [3.63, 3.8) is 0 Å². The van der Waals surface area contributed by atoms with Crippen LogP contribution in [0.3, 0.4) is 0 Å². The number of allylic oxidation sites excluding steroid dienone is 1. The molecule has 0 aromatic heterocycles. The van der Waals surface area contributed by atoms with E-state index in [1.54, 1.807) is 6.07 Å². The van der Waals surface area contributed by atoms with Crippen molar-refractivity contribution in [3.8, 4) is 6.07 Å². The number of hydrogen-bond acceptors (Lipinski definition) is 4. The van der Waals surface area contributed by atoms with Crippen LogP contribution in [0.15, 0.2) is 23.3 Å². The maximum atomic E-state index is 11.0. The lowest BCUT2D eigenvalue weighted by atomic mass is 10.1. The number of hydrogen-bond donors (Lipinski definition) is 1. The third-order valence-electron chi connectivity index (χ3n) is 1.37. The summed E-state index contributed by atoms with van der Waals surface area (Å²) < 4.78 is 4.38. The molecule has 0 unspecified atom stereocenters. The molecule has 0 aromatic carbocycles. The highest BCUT2D eigenvalue weighted by atomic mass is 16.5. The fourth-order valence-electron chi connectivity index (χ4n) is 0.671. The minimum absolute atomic E-state index is 0.0580. The first kappa shape index (κ1) is 11.9. The molecule has 0 radical (unpaired) electrons. The van der Waals surface area contributed by atoms with Crippen LogP contribution < -0.4 is 0 Å². The SMILES string of the molecule is COC(=O)C(C=CC(=O)O)=C(C)C#N. The van der Waals surface area contributed by atoms with Crippen LogP contribution in [0, 0.1) is 11.3 Å². The lowest BCUT2D eigenvalue weighted by Gasteiger charge is -1.99. The van der Waals surface area contributed by atoms with E-state index in [9.17, 15) is 9.59 Å². The summed E-state index contributed by atoms with van der Waals surface area (Å²) in [5.41, 5.74) is 0.0479. The normalized spacial score (nSPS) is 11.8. The number of carboxylic acids is 1. The van der Waals surface area contributed by atoms with E-state index in [0.717, 1.165) is 19.3 Å². The minimum Gasteiger partial charge on any atom is -0.478 e. The van der Waals surface area contributed by atoms with Gasteiger partial charge in [-0.1, -0.05) is 0 Å². The zero-order valence-corrected chi connectivity index (χ0v) is 7.77. The largest absolute Gasteiger partial charge is 0.478 e. The highest BCUT2D eigenvalue weighted by Crippen LogP contribution is 2.06. The Morgan fingerprint density at radius 3 is 2.36 bits per heavy atom. The van der Waals surface area contributed by atoms with E-state index in [0.29, 0.717) is 0 Å². The molecule has 0 aliphatic rings. The molecule has 0 saturated heterocycles. The van der Waals surface area contributed by atoms with Crippen molar-refractivity contribution < 1.29 is 19.4 Å². The standard InChI is InChI=1S/C9H9NO4/c1-6(5-10)7(9(13)14-2)3-4-8(11)12/h3-4H,1-2H3,(H,11,12). The predicted octanol–water partition coefficient (Wildman–Crippen LogP) is 0.640. The monoisotopic (exact) mass is 195 g/mol. The van der Waals surface area contributed by atoms with Crippen LogP contribution >= 0.6 is 0 Å². The van der Waals surface area contributed by atoms with Crippen molar-refractivity contribution in [1.29, 1.82) is 5.26 Å². The maximum Gasteiger partial charge on any atom is 0.338 e. The summed E-state index contributed by atoms with van der Waals surface area (Å²) in [6.07, 6.45) is 1.81. The van der Waals surface area contributed by atoms with Crippen LogP contribution in [0.1, 0.15) is 6.92 Å². The molecule has 0 aliphatic heterocycles. The highest BCUT2D eigenvalue weighted by Gasteiger charge is 2.10. The number of esters is 1. The smallest absolute Gasteiger partial charge is 0.338 e. The summed E-state index contributed by atoms with van der Waals surface area (Å²) in [4.78, 5) is 21.2. The van der Waals surface area contributed by atoms with Crippen LogP contribution in [0.25, 0.3) is 0 Å². The fourth-order valence-corrected chi connectivity index (χ4v) is 0.671. The van der Waals surface area contributed by atoms with E-state index in [4.69, 9.17) is 10.4 Å². The molecule has 0 bridgehead atoms. The molecule has 0 aromatic rings. The molecule has 5 nitrogen and oxygen atoms in total. The number of nitrogens with zero attached hydrogens (tertiary/aromatic N) is 1. The van der Waals surface area contributed by atoms with Crippen molar-refractivity contribution in [2.45, 2.75) is 6.92 Å². The molecule has 0 rings (SSSR count). The number of methoxy groups -OCH3 is 1. The average molecular weight is 195 g/mol. The maximum absolute atomic E-state index is 11.0. The first-order chi connectivity index (χ1) is 6.52. The van der Waals surface area contributed by atoms with E-state index in [1.165, 1.54) is 6.92 Å². The van der Waals surface area contributed by atoms with E-state index < -0.39 is 11.9 Å². The van der Waals surface area contributed by atoms with Gasteiger partial charge in [0, 0.05) is 11.6 Å². The van der Waals surface area contributed by atoms with Gasteiger partial charge in [0.15, 0.2) is 0 Å². The molecule has 0 saturated carbocycles. The van der Waals surface area contributed by atoms with Crippen LogP contribution in [-0.2, 0) is 14.3 Å². The van der Waals surface area contributed by atoms with Crippen molar-refractivity contribution in [1.82, 2.24) is 0 Å². The zero-order chi connectivity index (χ0) is 11.1. The molecule has 5 heteroatoms. The number of rotatable bonds is 3. The second kappa shape index (κ2) is 5.54. The van der Waals surface area contributed by atoms with E-state index in [-0.39, 0.29) is 11.1 Å². The van der Waals surface area contributed by atoms with Gasteiger partial charge in [0.1, 0.15) is 0 Å². The van der Waals surface area contributed by atoms with Gasteiger partial charge in [-0.25, -0.2) is 9.59 Å². The third-order valence-corrected chi connectivity index (χ3v) is 1.37. The van der Waals surface area contributed by atoms with Gasteiger partial charge in [0.2, 0.25) is 0 Å². The zero-order valence-electron chi connectivity index (χ0n) is 7.77. The van der Waals surface area contributed by atoms with E-state index in [2.05, 4.69) is 4.74 Å². The summed E-state index contributed by atoms with van der Waals surface area (Å²) in [6.45, 7) is 1.40. The number of carboxylic acid groups (broad SMARTS) is 1. The molecule has 14 heavy (non-hydrogen) atoms. The van der Waals surface area contributed by atoms with Gasteiger partial charge < -0.3 is 9.84 Å². The van der Waals surface area contributed by atoms with Gasteiger partial charge in [-0.2, -0.15) is 5.26 Å². The second-order valence-corrected chi connectivity index (χ2v) is 2.31. The summed E-state index contributed by atoms with van der Waals surface area (Å²) in [7, 11) is 1.15. The molecule has 74 valence electrons. The number of ether oxygens (including phenoxy) is 1. The van der Waals surface area contributed by atoms with Crippen molar-refractivity contribution in [2.24, 2.45) is 0 Å². The Bertz CT molecular complexity index is 346.